The molecule has 82 valence electrons. The lowest BCUT2D eigenvalue weighted by atomic mass is 10.1. The number of rotatable bonds is 2. The van der Waals surface area contributed by atoms with Gasteiger partial charge in [0.05, 0.1) is 11.9 Å². The molecule has 1 aromatic heterocycles. The maximum atomic E-state index is 8.91. The number of fused-ring (bicyclic) bond motifs is 1. The highest BCUT2D eigenvalue weighted by molar-refractivity contribution is 5.63. The van der Waals surface area contributed by atoms with Crippen molar-refractivity contribution >= 4 is 0 Å². The lowest BCUT2D eigenvalue weighted by molar-refractivity contribution is 0.174. The van der Waals surface area contributed by atoms with Crippen LogP contribution in [0.2, 0.25) is 0 Å². The molecule has 0 saturated heterocycles. The van der Waals surface area contributed by atoms with Crippen LogP contribution in [0.1, 0.15) is 5.82 Å². The molecule has 0 amide bonds. The highest BCUT2D eigenvalue weighted by Crippen LogP contribution is 2.35. The number of aromatic amines is 1. The molecule has 3 rings (SSSR count). The monoisotopic (exact) mass is 218 g/mol. The van der Waals surface area contributed by atoms with E-state index in [1.165, 1.54) is 0 Å². The molecular weight excluding hydrogens is 208 g/mol. The maximum absolute atomic E-state index is 8.91. The molecule has 16 heavy (non-hydrogen) atoms. The lowest BCUT2D eigenvalue weighted by Gasteiger charge is -1.99. The van der Waals surface area contributed by atoms with E-state index in [9.17, 15) is 0 Å². The molecular formula is C11H10N2O3. The molecule has 0 atom stereocenters. The summed E-state index contributed by atoms with van der Waals surface area (Å²) in [6.07, 6.45) is 1.68. The number of hydrogen-bond donors (Lipinski definition) is 2. The first kappa shape index (κ1) is 9.23. The number of nitrogens with zero attached hydrogens (tertiary/aromatic N) is 1. The lowest BCUT2D eigenvalue weighted by Crippen LogP contribution is -1.92. The number of ether oxygens (including phenoxy) is 2. The van der Waals surface area contributed by atoms with Crippen LogP contribution in [-0.2, 0) is 6.61 Å². The van der Waals surface area contributed by atoms with Crippen LogP contribution in [0.25, 0.3) is 11.3 Å². The van der Waals surface area contributed by atoms with Crippen LogP contribution in [0, 0.1) is 0 Å². The summed E-state index contributed by atoms with van der Waals surface area (Å²) in [7, 11) is 0. The van der Waals surface area contributed by atoms with E-state index in [1.54, 1.807) is 6.20 Å². The zero-order valence-electron chi connectivity index (χ0n) is 8.43. The molecule has 0 bridgehead atoms. The molecule has 2 heterocycles. The van der Waals surface area contributed by atoms with Crippen LogP contribution >= 0.6 is 0 Å². The van der Waals surface area contributed by atoms with Gasteiger partial charge in [-0.15, -0.1) is 0 Å². The van der Waals surface area contributed by atoms with E-state index >= 15 is 0 Å². The number of hydrogen-bond acceptors (Lipinski definition) is 4. The number of nitrogens with one attached hydrogen (secondary N) is 1. The van der Waals surface area contributed by atoms with Crippen molar-refractivity contribution in [1.82, 2.24) is 9.97 Å². The third-order valence-corrected chi connectivity index (χ3v) is 2.46. The number of aliphatic hydroxyl groups is 1. The molecule has 5 heteroatoms. The number of aromatic nitrogens is 2. The van der Waals surface area contributed by atoms with Crippen LogP contribution < -0.4 is 9.47 Å². The van der Waals surface area contributed by atoms with Crippen molar-refractivity contribution in [2.75, 3.05) is 6.79 Å². The predicted octanol–water partition coefficient (Wildman–Crippen LogP) is 1.30. The molecule has 0 aliphatic carbocycles. The van der Waals surface area contributed by atoms with Crippen molar-refractivity contribution in [2.24, 2.45) is 0 Å². The van der Waals surface area contributed by atoms with Crippen LogP contribution in [0.15, 0.2) is 24.4 Å². The molecule has 1 aliphatic heterocycles. The van der Waals surface area contributed by atoms with E-state index in [1.807, 2.05) is 18.2 Å². The van der Waals surface area contributed by atoms with E-state index in [-0.39, 0.29) is 13.4 Å². The van der Waals surface area contributed by atoms with Gasteiger partial charge in [0.15, 0.2) is 11.5 Å². The molecule has 0 spiro atoms. The van der Waals surface area contributed by atoms with E-state index in [4.69, 9.17) is 14.6 Å². The van der Waals surface area contributed by atoms with Gasteiger partial charge in [-0.1, -0.05) is 0 Å². The molecule has 0 unspecified atom stereocenters. The molecule has 5 nitrogen and oxygen atoms in total. The molecule has 1 aliphatic rings. The van der Waals surface area contributed by atoms with Crippen LogP contribution in [0.4, 0.5) is 0 Å². The quantitative estimate of drug-likeness (QED) is 0.797. The number of benzene rings is 1. The molecule has 1 aromatic carbocycles. The van der Waals surface area contributed by atoms with E-state index in [0.717, 1.165) is 22.8 Å². The Bertz CT molecular complexity index is 522. The van der Waals surface area contributed by atoms with Crippen LogP contribution in [0.3, 0.4) is 0 Å². The molecule has 0 fully saturated rings. The smallest absolute Gasteiger partial charge is 0.231 e. The van der Waals surface area contributed by atoms with Gasteiger partial charge in [-0.3, -0.25) is 0 Å². The fourth-order valence-electron chi connectivity index (χ4n) is 1.65. The summed E-state index contributed by atoms with van der Waals surface area (Å²) in [5.41, 5.74) is 1.80. The van der Waals surface area contributed by atoms with Gasteiger partial charge in [-0.25, -0.2) is 4.98 Å². The molecule has 0 saturated carbocycles. The van der Waals surface area contributed by atoms with Gasteiger partial charge in [0, 0.05) is 5.56 Å². The summed E-state index contributed by atoms with van der Waals surface area (Å²) in [4.78, 5) is 7.04. The van der Waals surface area contributed by atoms with Gasteiger partial charge in [-0.05, 0) is 18.2 Å². The first-order chi connectivity index (χ1) is 7.86. The van der Waals surface area contributed by atoms with Crippen molar-refractivity contribution in [3.8, 4) is 22.8 Å². The minimum absolute atomic E-state index is 0.0927. The maximum Gasteiger partial charge on any atom is 0.231 e. The number of imidazole rings is 1. The minimum Gasteiger partial charge on any atom is -0.454 e. The van der Waals surface area contributed by atoms with E-state index in [0.29, 0.717) is 5.82 Å². The normalized spacial score (nSPS) is 13.1. The van der Waals surface area contributed by atoms with Crippen molar-refractivity contribution in [3.05, 3.63) is 30.2 Å². The Kier molecular flexibility index (Phi) is 2.04. The summed E-state index contributed by atoms with van der Waals surface area (Å²) >= 11 is 0. The Morgan fingerprint density at radius 3 is 3.00 bits per heavy atom. The van der Waals surface area contributed by atoms with Crippen LogP contribution in [-0.4, -0.2) is 21.9 Å². The largest absolute Gasteiger partial charge is 0.454 e. The predicted molar refractivity (Wildman–Crippen MR) is 56.1 cm³/mol. The van der Waals surface area contributed by atoms with Crippen molar-refractivity contribution in [3.63, 3.8) is 0 Å². The third-order valence-electron chi connectivity index (χ3n) is 2.46. The summed E-state index contributed by atoms with van der Waals surface area (Å²) in [5, 5.41) is 8.91. The van der Waals surface area contributed by atoms with Gasteiger partial charge in [-0.2, -0.15) is 0 Å². The van der Waals surface area contributed by atoms with Crippen LogP contribution in [0.5, 0.6) is 11.5 Å². The second kappa shape index (κ2) is 3.53. The topological polar surface area (TPSA) is 67.4 Å². The zero-order chi connectivity index (χ0) is 11.0. The average Bonchev–Trinajstić information content (AvgIpc) is 2.96. The first-order valence-electron chi connectivity index (χ1n) is 4.91. The van der Waals surface area contributed by atoms with Gasteiger partial charge in [0.1, 0.15) is 12.4 Å². The molecule has 2 aromatic rings. The van der Waals surface area contributed by atoms with Crippen molar-refractivity contribution in [1.29, 1.82) is 0 Å². The standard InChI is InChI=1S/C11H10N2O3/c14-5-11-12-4-8(13-11)7-1-2-9-10(3-7)16-6-15-9/h1-4,14H,5-6H2,(H,12,13). The summed E-state index contributed by atoms with van der Waals surface area (Å²) in [6, 6.07) is 5.66. The molecule has 0 radical (unpaired) electrons. The van der Waals surface area contributed by atoms with E-state index < -0.39 is 0 Å². The average molecular weight is 218 g/mol. The summed E-state index contributed by atoms with van der Waals surface area (Å²) in [6.45, 7) is 0.175. The van der Waals surface area contributed by atoms with E-state index in [2.05, 4.69) is 9.97 Å². The minimum atomic E-state index is -0.0927. The third kappa shape index (κ3) is 1.42. The summed E-state index contributed by atoms with van der Waals surface area (Å²) in [5.74, 6) is 2.04. The fourth-order valence-corrected chi connectivity index (χ4v) is 1.65. The Labute approximate surface area is 91.7 Å². The van der Waals surface area contributed by atoms with Crippen molar-refractivity contribution in [2.45, 2.75) is 6.61 Å². The summed E-state index contributed by atoms with van der Waals surface area (Å²) < 4.78 is 10.5. The fraction of sp³-hybridized carbons (Fsp3) is 0.182. The zero-order valence-corrected chi connectivity index (χ0v) is 8.43. The Balaban J connectivity index is 2.00. The Morgan fingerprint density at radius 2 is 2.19 bits per heavy atom. The highest BCUT2D eigenvalue weighted by atomic mass is 16.7. The second-order valence-corrected chi connectivity index (χ2v) is 3.47. The SMILES string of the molecule is OCc1ncc(-c2ccc3c(c2)OCO3)[nH]1. The Hall–Kier alpha value is -2.01. The number of H-pyrrole nitrogens is 1. The molecule has 2 N–H and O–H groups in total. The van der Waals surface area contributed by atoms with Gasteiger partial charge in [0.2, 0.25) is 6.79 Å². The number of aliphatic hydroxyl groups excluding tert-OH is 1. The Morgan fingerprint density at radius 1 is 1.31 bits per heavy atom. The van der Waals surface area contributed by atoms with Gasteiger partial charge < -0.3 is 19.6 Å². The second-order valence-electron chi connectivity index (χ2n) is 3.47. The van der Waals surface area contributed by atoms with Gasteiger partial charge in [0.25, 0.3) is 0 Å². The van der Waals surface area contributed by atoms with Crippen molar-refractivity contribution < 1.29 is 14.6 Å². The van der Waals surface area contributed by atoms with Gasteiger partial charge >= 0.3 is 0 Å². The highest BCUT2D eigenvalue weighted by Gasteiger charge is 2.14. The first-order valence-corrected chi connectivity index (χ1v) is 4.91.